The van der Waals surface area contributed by atoms with Crippen LogP contribution in [0.4, 0.5) is 10.1 Å². The summed E-state index contributed by atoms with van der Waals surface area (Å²) in [5.41, 5.74) is 5.22. The second-order valence-corrected chi connectivity index (χ2v) is 4.26. The van der Waals surface area contributed by atoms with E-state index in [1.54, 1.807) is 0 Å². The Morgan fingerprint density at radius 2 is 2.10 bits per heavy atom. The Bertz CT molecular complexity index is 724. The molecule has 8 heteroatoms. The third kappa shape index (κ3) is 3.04. The van der Waals surface area contributed by atoms with Crippen molar-refractivity contribution in [2.45, 2.75) is 0 Å². The van der Waals surface area contributed by atoms with Gasteiger partial charge in [0, 0.05) is 11.6 Å². The number of benzene rings is 1. The number of amides is 1. The predicted octanol–water partition coefficient (Wildman–Crippen LogP) is 0.796. The molecule has 0 fully saturated rings. The highest BCUT2D eigenvalue weighted by atomic mass is 32.1. The maximum Gasteiger partial charge on any atom is 0.276 e. The molecule has 0 aliphatic carbocycles. The maximum absolute atomic E-state index is 13.7. The highest BCUT2D eigenvalue weighted by Crippen LogP contribution is 2.16. The lowest BCUT2D eigenvalue weighted by Crippen LogP contribution is -2.18. The molecule has 20 heavy (non-hydrogen) atoms. The van der Waals surface area contributed by atoms with E-state index >= 15 is 0 Å². The van der Waals surface area contributed by atoms with E-state index in [-0.39, 0.29) is 16.4 Å². The predicted molar refractivity (Wildman–Crippen MR) is 75.1 cm³/mol. The van der Waals surface area contributed by atoms with Gasteiger partial charge in [-0.1, -0.05) is 12.2 Å². The number of thiocarbonyl (C=S) groups is 1. The minimum atomic E-state index is -0.673. The fourth-order valence-electron chi connectivity index (χ4n) is 1.43. The Balaban J connectivity index is 2.21. The molecule has 102 valence electrons. The lowest BCUT2D eigenvalue weighted by atomic mass is 10.2. The van der Waals surface area contributed by atoms with Crippen LogP contribution in [0, 0.1) is 5.82 Å². The summed E-state index contributed by atoms with van der Waals surface area (Å²) in [4.78, 5) is 22.7. The summed E-state index contributed by atoms with van der Waals surface area (Å²) >= 11 is 4.72. The number of aromatic nitrogens is 2. The van der Waals surface area contributed by atoms with Gasteiger partial charge in [0.25, 0.3) is 11.5 Å². The Hall–Kier alpha value is -2.61. The maximum atomic E-state index is 13.7. The topological polar surface area (TPSA) is 101 Å². The molecule has 2 rings (SSSR count). The lowest BCUT2D eigenvalue weighted by Gasteiger charge is -2.07. The number of aromatic amines is 1. The van der Waals surface area contributed by atoms with Crippen LogP contribution in [0.15, 0.2) is 35.1 Å². The molecule has 1 amide bonds. The van der Waals surface area contributed by atoms with Crippen molar-refractivity contribution in [3.05, 3.63) is 57.8 Å². The standard InChI is InChI=1S/C12H9FN4O2S/c13-7-5-6(11(14)20)1-2-8(7)15-12(19)9-3-4-10(18)17-16-9/h1-5H,(H2,14,20)(H,15,19)(H,17,18). The van der Waals surface area contributed by atoms with E-state index in [0.29, 0.717) is 5.56 Å². The highest BCUT2D eigenvalue weighted by molar-refractivity contribution is 7.80. The first-order valence-electron chi connectivity index (χ1n) is 5.44. The summed E-state index contributed by atoms with van der Waals surface area (Å²) in [7, 11) is 0. The zero-order valence-corrected chi connectivity index (χ0v) is 10.8. The van der Waals surface area contributed by atoms with Crippen LogP contribution in [0.2, 0.25) is 0 Å². The molecule has 0 spiro atoms. The van der Waals surface area contributed by atoms with E-state index < -0.39 is 17.3 Å². The molecule has 0 saturated carbocycles. The number of hydrogen-bond donors (Lipinski definition) is 3. The number of H-pyrrole nitrogens is 1. The van der Waals surface area contributed by atoms with E-state index in [0.717, 1.165) is 12.1 Å². The highest BCUT2D eigenvalue weighted by Gasteiger charge is 2.11. The van der Waals surface area contributed by atoms with Crippen molar-refractivity contribution in [2.75, 3.05) is 5.32 Å². The SMILES string of the molecule is NC(=S)c1ccc(NC(=O)c2ccc(=O)[nH]n2)c(F)c1. The Morgan fingerprint density at radius 1 is 1.35 bits per heavy atom. The van der Waals surface area contributed by atoms with Gasteiger partial charge in [0.05, 0.1) is 5.69 Å². The summed E-state index contributed by atoms with van der Waals surface area (Å²) in [6.45, 7) is 0. The van der Waals surface area contributed by atoms with Gasteiger partial charge in [-0.3, -0.25) is 9.59 Å². The van der Waals surface area contributed by atoms with Gasteiger partial charge in [0.1, 0.15) is 16.5 Å². The molecule has 4 N–H and O–H groups in total. The minimum Gasteiger partial charge on any atom is -0.389 e. The van der Waals surface area contributed by atoms with Crippen molar-refractivity contribution in [1.29, 1.82) is 0 Å². The zero-order valence-electron chi connectivity index (χ0n) is 10.0. The van der Waals surface area contributed by atoms with Gasteiger partial charge >= 0.3 is 0 Å². The van der Waals surface area contributed by atoms with E-state index in [9.17, 15) is 14.0 Å². The van der Waals surface area contributed by atoms with E-state index in [1.807, 2.05) is 0 Å². The molecular formula is C12H9FN4O2S. The smallest absolute Gasteiger partial charge is 0.276 e. The Kier molecular flexibility index (Phi) is 3.85. The molecule has 1 aromatic heterocycles. The van der Waals surface area contributed by atoms with Gasteiger partial charge in [-0.15, -0.1) is 0 Å². The van der Waals surface area contributed by atoms with E-state index in [1.165, 1.54) is 18.2 Å². The normalized spacial score (nSPS) is 10.1. The molecule has 0 aliphatic rings. The zero-order chi connectivity index (χ0) is 14.7. The van der Waals surface area contributed by atoms with Crippen LogP contribution in [0.1, 0.15) is 16.1 Å². The first kappa shape index (κ1) is 13.8. The van der Waals surface area contributed by atoms with Crippen molar-refractivity contribution in [3.8, 4) is 0 Å². The van der Waals surface area contributed by atoms with Gasteiger partial charge in [-0.25, -0.2) is 9.49 Å². The van der Waals surface area contributed by atoms with E-state index in [2.05, 4.69) is 15.5 Å². The third-order valence-corrected chi connectivity index (χ3v) is 2.65. The molecule has 1 aromatic carbocycles. The molecule has 0 bridgehead atoms. The third-order valence-electron chi connectivity index (χ3n) is 2.41. The number of hydrogen-bond acceptors (Lipinski definition) is 4. The molecule has 0 aliphatic heterocycles. The van der Waals surface area contributed by atoms with Crippen LogP contribution >= 0.6 is 12.2 Å². The van der Waals surface area contributed by atoms with Crippen LogP contribution in [0.5, 0.6) is 0 Å². The molecular weight excluding hydrogens is 283 g/mol. The number of halogens is 1. The Labute approximate surface area is 117 Å². The molecule has 1 heterocycles. The van der Waals surface area contributed by atoms with Crippen LogP contribution in [-0.4, -0.2) is 21.1 Å². The van der Waals surface area contributed by atoms with Crippen molar-refractivity contribution in [1.82, 2.24) is 10.2 Å². The lowest BCUT2D eigenvalue weighted by molar-refractivity contribution is 0.102. The number of rotatable bonds is 3. The van der Waals surface area contributed by atoms with Crippen LogP contribution in [0.3, 0.4) is 0 Å². The molecule has 0 radical (unpaired) electrons. The quantitative estimate of drug-likeness (QED) is 0.726. The average molecular weight is 292 g/mol. The molecule has 0 unspecified atom stereocenters. The van der Waals surface area contributed by atoms with Crippen molar-refractivity contribution >= 4 is 28.8 Å². The number of carbonyl (C=O) groups is 1. The van der Waals surface area contributed by atoms with Crippen LogP contribution in [-0.2, 0) is 0 Å². The molecule has 0 saturated heterocycles. The second-order valence-electron chi connectivity index (χ2n) is 3.82. The number of nitrogens with two attached hydrogens (primary N) is 1. The second kappa shape index (κ2) is 5.57. The van der Waals surface area contributed by atoms with Gasteiger partial charge in [-0.2, -0.15) is 5.10 Å². The summed E-state index contributed by atoms with van der Waals surface area (Å²) in [5, 5.41) is 7.98. The van der Waals surface area contributed by atoms with Gasteiger partial charge < -0.3 is 11.1 Å². The average Bonchev–Trinajstić information content (AvgIpc) is 2.41. The van der Waals surface area contributed by atoms with E-state index in [4.69, 9.17) is 18.0 Å². The fraction of sp³-hybridized carbons (Fsp3) is 0. The van der Waals surface area contributed by atoms with Crippen molar-refractivity contribution in [3.63, 3.8) is 0 Å². The number of nitrogens with zero attached hydrogens (tertiary/aromatic N) is 1. The summed E-state index contributed by atoms with van der Waals surface area (Å²) < 4.78 is 13.7. The minimum absolute atomic E-state index is 0.0389. The van der Waals surface area contributed by atoms with Crippen LogP contribution in [0.25, 0.3) is 0 Å². The molecule has 0 atom stereocenters. The Morgan fingerprint density at radius 3 is 2.65 bits per heavy atom. The van der Waals surface area contributed by atoms with Gasteiger partial charge in [0.15, 0.2) is 0 Å². The molecule has 6 nitrogen and oxygen atoms in total. The first-order chi connectivity index (χ1) is 9.47. The number of nitrogens with one attached hydrogen (secondary N) is 2. The van der Waals surface area contributed by atoms with Gasteiger partial charge in [-0.05, 0) is 24.3 Å². The van der Waals surface area contributed by atoms with Gasteiger partial charge in [0.2, 0.25) is 0 Å². The number of anilines is 1. The summed E-state index contributed by atoms with van der Waals surface area (Å²) in [6, 6.07) is 6.33. The van der Waals surface area contributed by atoms with Crippen LogP contribution < -0.4 is 16.6 Å². The monoisotopic (exact) mass is 292 g/mol. The summed E-state index contributed by atoms with van der Waals surface area (Å²) in [6.07, 6.45) is 0. The van der Waals surface area contributed by atoms with Crippen molar-refractivity contribution in [2.24, 2.45) is 5.73 Å². The molecule has 2 aromatic rings. The summed E-state index contributed by atoms with van der Waals surface area (Å²) in [5.74, 6) is -1.32. The number of carbonyl (C=O) groups excluding carboxylic acids is 1. The van der Waals surface area contributed by atoms with Crippen molar-refractivity contribution < 1.29 is 9.18 Å². The fourth-order valence-corrected chi connectivity index (χ4v) is 1.55. The first-order valence-corrected chi connectivity index (χ1v) is 5.84. The largest absolute Gasteiger partial charge is 0.389 e.